The molecule has 8 aliphatic carbocycles. The van der Waals surface area contributed by atoms with Gasteiger partial charge in [-0.1, -0.05) is 133 Å². The van der Waals surface area contributed by atoms with E-state index >= 15 is 0 Å². The van der Waals surface area contributed by atoms with Crippen molar-refractivity contribution in [2.75, 3.05) is 18.5 Å². The first kappa shape index (κ1) is 49.3. The van der Waals surface area contributed by atoms with E-state index in [2.05, 4.69) is 88.8 Å². The third-order valence-corrected chi connectivity index (χ3v) is 21.3. The number of amides is 1. The van der Waals surface area contributed by atoms with Gasteiger partial charge in [-0.25, -0.2) is 0 Å². The van der Waals surface area contributed by atoms with Crippen molar-refractivity contribution in [3.05, 3.63) is 23.3 Å². The predicted octanol–water partition coefficient (Wildman–Crippen LogP) is 15.2. The number of hydrogen-bond donors (Lipinski definition) is 2. The molecule has 0 aromatic carbocycles. The van der Waals surface area contributed by atoms with Crippen molar-refractivity contribution < 1.29 is 14.6 Å². The fraction of sp³-hybridized carbons (Fsp3) is 0.912. The molecule has 62 heavy (non-hydrogen) atoms. The molecule has 2 N–H and O–H groups in total. The number of ether oxygens (including phenoxy) is 1. The molecule has 6 saturated carbocycles. The third-order valence-electron chi connectivity index (χ3n) is 20.8. The van der Waals surface area contributed by atoms with Gasteiger partial charge in [0.1, 0.15) is 0 Å². The lowest BCUT2D eigenvalue weighted by Gasteiger charge is -2.58. The van der Waals surface area contributed by atoms with Crippen LogP contribution in [-0.4, -0.2) is 41.7 Å². The van der Waals surface area contributed by atoms with Crippen LogP contribution in [0.5, 0.6) is 0 Å². The lowest BCUT2D eigenvalue weighted by molar-refractivity contribution is -0.118. The largest absolute Gasteiger partial charge is 0.393 e. The van der Waals surface area contributed by atoms with Crippen LogP contribution >= 0.6 is 15.9 Å². The van der Waals surface area contributed by atoms with Gasteiger partial charge in [0.25, 0.3) is 0 Å². The lowest BCUT2D eigenvalue weighted by Crippen LogP contribution is -2.50. The van der Waals surface area contributed by atoms with Crippen LogP contribution in [-0.2, 0) is 9.53 Å². The zero-order chi connectivity index (χ0) is 44.3. The first-order valence-electron chi connectivity index (χ1n) is 27.1. The van der Waals surface area contributed by atoms with Gasteiger partial charge in [0, 0.05) is 13.2 Å². The van der Waals surface area contributed by atoms with E-state index in [1.807, 2.05) is 0 Å². The van der Waals surface area contributed by atoms with E-state index in [1.54, 1.807) is 11.1 Å². The minimum Gasteiger partial charge on any atom is -0.393 e. The van der Waals surface area contributed by atoms with E-state index in [-0.39, 0.29) is 12.0 Å². The van der Waals surface area contributed by atoms with E-state index in [0.29, 0.717) is 39.6 Å². The Morgan fingerprint density at radius 2 is 1.19 bits per heavy atom. The minimum atomic E-state index is -0.0727. The first-order chi connectivity index (χ1) is 29.6. The summed E-state index contributed by atoms with van der Waals surface area (Å²) in [4.78, 5) is 11.4. The van der Waals surface area contributed by atoms with E-state index < -0.39 is 0 Å². The Bertz CT molecular complexity index is 1540. The molecule has 6 unspecified atom stereocenters. The topological polar surface area (TPSA) is 58.6 Å². The molecule has 1 amide bonds. The highest BCUT2D eigenvalue weighted by molar-refractivity contribution is 9.09. The highest BCUT2D eigenvalue weighted by Gasteiger charge is 2.60. The van der Waals surface area contributed by atoms with Gasteiger partial charge in [-0.05, 0) is 203 Å². The Balaban J connectivity index is 0.000000192. The van der Waals surface area contributed by atoms with Gasteiger partial charge in [0.2, 0.25) is 5.91 Å². The first-order valence-corrected chi connectivity index (χ1v) is 28.3. The maximum atomic E-state index is 11.4. The fourth-order valence-electron chi connectivity index (χ4n) is 17.1. The number of aliphatic hydroxyl groups is 1. The predicted molar refractivity (Wildman–Crippen MR) is 264 cm³/mol. The zero-order valence-electron chi connectivity index (χ0n) is 41.5. The average molecular weight is 923 g/mol. The number of halogens is 1. The van der Waals surface area contributed by atoms with Gasteiger partial charge in [-0.15, -0.1) is 0 Å². The van der Waals surface area contributed by atoms with Crippen molar-refractivity contribution in [3.8, 4) is 0 Å². The molecular formula is C57H96BrNO3. The summed E-state index contributed by atoms with van der Waals surface area (Å²) >= 11 is 3.20. The van der Waals surface area contributed by atoms with Crippen LogP contribution in [0.3, 0.4) is 0 Å². The van der Waals surface area contributed by atoms with E-state index in [4.69, 9.17) is 4.74 Å². The number of aliphatic hydroxyl groups excluding tert-OH is 1. The van der Waals surface area contributed by atoms with Gasteiger partial charge in [-0.2, -0.15) is 0 Å². The molecule has 0 spiro atoms. The number of nitrogens with one attached hydrogen (secondary N) is 1. The second kappa shape index (κ2) is 21.1. The highest BCUT2D eigenvalue weighted by atomic mass is 79.9. The second-order valence-electron chi connectivity index (χ2n) is 25.0. The summed E-state index contributed by atoms with van der Waals surface area (Å²) in [5.74, 6) is 9.28. The Kier molecular flexibility index (Phi) is 16.8. The van der Waals surface area contributed by atoms with Gasteiger partial charge < -0.3 is 15.2 Å². The van der Waals surface area contributed by atoms with Crippen LogP contribution in [0.25, 0.3) is 0 Å². The minimum absolute atomic E-state index is 0.0589. The lowest BCUT2D eigenvalue weighted by atomic mass is 9.47. The molecule has 0 aliphatic heterocycles. The summed E-state index contributed by atoms with van der Waals surface area (Å²) < 4.78 is 6.29. The number of unbranched alkanes of at least 4 members (excludes halogenated alkanes) is 2. The zero-order valence-corrected chi connectivity index (χ0v) is 43.1. The quantitative estimate of drug-likeness (QED) is 0.0921. The van der Waals surface area contributed by atoms with Crippen molar-refractivity contribution in [1.29, 1.82) is 0 Å². The van der Waals surface area contributed by atoms with Gasteiger partial charge >= 0.3 is 0 Å². The van der Waals surface area contributed by atoms with E-state index in [0.717, 1.165) is 91.5 Å². The van der Waals surface area contributed by atoms with Crippen molar-refractivity contribution >= 4 is 21.8 Å². The average Bonchev–Trinajstić information content (AvgIpc) is 3.76. The molecule has 8 aliphatic rings. The van der Waals surface area contributed by atoms with Crippen molar-refractivity contribution in [1.82, 2.24) is 5.32 Å². The maximum Gasteiger partial charge on any atom is 0.230 e. The Morgan fingerprint density at radius 3 is 1.71 bits per heavy atom. The Morgan fingerprint density at radius 1 is 0.677 bits per heavy atom. The highest BCUT2D eigenvalue weighted by Crippen LogP contribution is 2.68. The molecule has 0 bridgehead atoms. The number of carbonyl (C=O) groups excluding carboxylic acids is 1. The molecule has 0 heterocycles. The van der Waals surface area contributed by atoms with Gasteiger partial charge in [0.15, 0.2) is 0 Å². The summed E-state index contributed by atoms with van der Waals surface area (Å²) in [6.45, 7) is 21.5. The maximum absolute atomic E-state index is 11.4. The molecule has 0 radical (unpaired) electrons. The van der Waals surface area contributed by atoms with E-state index in [9.17, 15) is 9.90 Å². The summed E-state index contributed by atoms with van der Waals surface area (Å²) in [6, 6.07) is 0. The smallest absolute Gasteiger partial charge is 0.230 e. The number of carbonyl (C=O) groups is 1. The van der Waals surface area contributed by atoms with Crippen molar-refractivity contribution in [2.24, 2.45) is 80.8 Å². The monoisotopic (exact) mass is 922 g/mol. The molecule has 8 rings (SSSR count). The fourth-order valence-corrected chi connectivity index (χ4v) is 17.3. The molecule has 14 atom stereocenters. The van der Waals surface area contributed by atoms with Crippen molar-refractivity contribution in [2.45, 2.75) is 228 Å². The van der Waals surface area contributed by atoms with Crippen LogP contribution in [0, 0.1) is 80.8 Å². The molecule has 0 saturated heterocycles. The molecule has 354 valence electrons. The molecular weight excluding hydrogens is 827 g/mol. The van der Waals surface area contributed by atoms with Crippen LogP contribution in [0.1, 0.15) is 216 Å². The summed E-state index contributed by atoms with van der Waals surface area (Å²) in [5, 5.41) is 13.5. The number of allylic oxidation sites excluding steroid dienone is 2. The van der Waals surface area contributed by atoms with Crippen LogP contribution in [0.15, 0.2) is 23.3 Å². The van der Waals surface area contributed by atoms with Crippen LogP contribution in [0.2, 0.25) is 0 Å². The SMILES string of the molecule is CC(C)CCCC[C@H]1CCC2C3CC=C4C[C@@H](O)CC[C@]4(C)C3CC[C@@]21C.CC(C)CCCC[C@H]1CCC2C3CC=C4C[C@@H](OCCCNC(=O)CBr)CC[C@]4(C)C3CC[C@@]21C. The molecule has 6 fully saturated rings. The standard InChI is InChI=1S/C31H52BrNO2.C26H44O/c1-22(2)8-5-6-9-23-11-13-27-26-12-10-24-20-25(35-19-7-18-33-29(34)21-32)14-16-31(24,4)28(26)15-17-30(23,27)3;1-18(2)7-5-6-8-19-10-12-23-22-11-9-20-17-21(27)13-15-26(20,4)24(22)14-16-25(19,23)3/h10,22-23,25-28H,5-9,11-21H2,1-4H3,(H,33,34);9,18-19,21-24,27H,5-8,10-17H2,1-4H3/t23-,25-,26?,27?,28?,30+,31-;19-,21-,22?,23?,24?,25+,26-/m00/s1. The van der Waals surface area contributed by atoms with E-state index in [1.165, 1.54) is 135 Å². The van der Waals surface area contributed by atoms with Crippen LogP contribution < -0.4 is 5.32 Å². The summed E-state index contributed by atoms with van der Waals surface area (Å²) in [5.41, 5.74) is 5.37. The third kappa shape index (κ3) is 10.4. The Labute approximate surface area is 390 Å². The summed E-state index contributed by atoms with van der Waals surface area (Å²) in [6.07, 6.45) is 39.3. The normalized spacial score (nSPS) is 42.0. The number of rotatable bonds is 16. The number of fused-ring (bicyclic) bond motifs is 10. The van der Waals surface area contributed by atoms with Crippen LogP contribution in [0.4, 0.5) is 0 Å². The summed E-state index contributed by atoms with van der Waals surface area (Å²) in [7, 11) is 0. The molecule has 4 nitrogen and oxygen atoms in total. The Hall–Kier alpha value is -0.650. The molecule has 5 heteroatoms. The number of alkyl halides is 1. The molecule has 0 aromatic heterocycles. The van der Waals surface area contributed by atoms with Gasteiger partial charge in [0.05, 0.1) is 17.5 Å². The molecule has 0 aromatic rings. The second-order valence-corrected chi connectivity index (χ2v) is 25.5. The van der Waals surface area contributed by atoms with Crippen molar-refractivity contribution in [3.63, 3.8) is 0 Å². The number of hydrogen-bond acceptors (Lipinski definition) is 3. The van der Waals surface area contributed by atoms with Gasteiger partial charge in [-0.3, -0.25) is 4.79 Å².